The van der Waals surface area contributed by atoms with E-state index in [4.69, 9.17) is 0 Å². The molecule has 3 nitrogen and oxygen atoms in total. The molecule has 0 aliphatic rings. The van der Waals surface area contributed by atoms with Crippen molar-refractivity contribution in [1.29, 1.82) is 0 Å². The molecule has 0 aliphatic heterocycles. The number of likely N-dealkylation sites (N-methyl/N-ethyl adjacent to an activating group) is 2. The lowest BCUT2D eigenvalue weighted by Crippen LogP contribution is -2.45. The van der Waals surface area contributed by atoms with Crippen LogP contribution < -0.4 is 5.32 Å². The highest BCUT2D eigenvalue weighted by molar-refractivity contribution is 4.75. The number of hydrogen-bond acceptors (Lipinski definition) is 3. The fourth-order valence-corrected chi connectivity index (χ4v) is 2.21. The van der Waals surface area contributed by atoms with Crippen molar-refractivity contribution in [3.05, 3.63) is 0 Å². The predicted molar refractivity (Wildman–Crippen MR) is 82.2 cm³/mol. The van der Waals surface area contributed by atoms with Gasteiger partial charge in [0, 0.05) is 24.7 Å². The molecule has 0 amide bonds. The molecule has 0 rings (SSSR count). The van der Waals surface area contributed by atoms with Crippen LogP contribution in [0.2, 0.25) is 0 Å². The summed E-state index contributed by atoms with van der Waals surface area (Å²) in [6.07, 6.45) is 0. The van der Waals surface area contributed by atoms with E-state index in [0.29, 0.717) is 12.0 Å². The predicted octanol–water partition coefficient (Wildman–Crippen LogP) is 2.28. The number of hydrogen-bond donors (Lipinski definition) is 1. The van der Waals surface area contributed by atoms with E-state index in [1.807, 2.05) is 0 Å². The lowest BCUT2D eigenvalue weighted by atomic mass is 10.1. The molecule has 0 spiro atoms. The first kappa shape index (κ1) is 17.9. The highest BCUT2D eigenvalue weighted by Gasteiger charge is 2.17. The van der Waals surface area contributed by atoms with Crippen molar-refractivity contribution in [1.82, 2.24) is 15.1 Å². The van der Waals surface area contributed by atoms with E-state index in [2.05, 4.69) is 70.8 Å². The van der Waals surface area contributed by atoms with E-state index >= 15 is 0 Å². The molecule has 0 heterocycles. The van der Waals surface area contributed by atoms with Gasteiger partial charge in [-0.2, -0.15) is 0 Å². The Bertz CT molecular complexity index is 208. The lowest BCUT2D eigenvalue weighted by Gasteiger charge is -2.33. The quantitative estimate of drug-likeness (QED) is 0.720. The molecule has 0 saturated carbocycles. The molecule has 0 aliphatic carbocycles. The van der Waals surface area contributed by atoms with Gasteiger partial charge in [-0.05, 0) is 60.8 Å². The summed E-state index contributed by atoms with van der Waals surface area (Å²) >= 11 is 0. The van der Waals surface area contributed by atoms with Crippen LogP contribution in [0.4, 0.5) is 0 Å². The van der Waals surface area contributed by atoms with Gasteiger partial charge in [0.25, 0.3) is 0 Å². The molecule has 0 bridgehead atoms. The fraction of sp³-hybridized carbons (Fsp3) is 1.00. The molecular weight excluding hydrogens is 222 g/mol. The summed E-state index contributed by atoms with van der Waals surface area (Å²) in [4.78, 5) is 4.85. The number of nitrogens with zero attached hydrogens (tertiary/aromatic N) is 2. The average Bonchev–Trinajstić information content (AvgIpc) is 2.20. The first-order valence-electron chi connectivity index (χ1n) is 7.29. The van der Waals surface area contributed by atoms with Crippen molar-refractivity contribution >= 4 is 0 Å². The summed E-state index contributed by atoms with van der Waals surface area (Å²) in [5, 5.41) is 3.59. The molecule has 2 unspecified atom stereocenters. The second-order valence-electron chi connectivity index (χ2n) is 6.93. The van der Waals surface area contributed by atoms with Gasteiger partial charge in [0.1, 0.15) is 0 Å². The maximum atomic E-state index is 3.59. The highest BCUT2D eigenvalue weighted by Crippen LogP contribution is 2.07. The third-order valence-electron chi connectivity index (χ3n) is 3.19. The molecular formula is C15H35N3. The molecule has 110 valence electrons. The van der Waals surface area contributed by atoms with Crippen LogP contribution in [0.25, 0.3) is 0 Å². The zero-order chi connectivity index (χ0) is 14.3. The van der Waals surface area contributed by atoms with Gasteiger partial charge in [0.2, 0.25) is 0 Å². The van der Waals surface area contributed by atoms with Gasteiger partial charge in [-0.1, -0.05) is 13.8 Å². The Labute approximate surface area is 115 Å². The van der Waals surface area contributed by atoms with Gasteiger partial charge in [-0.25, -0.2) is 0 Å². The first-order valence-corrected chi connectivity index (χ1v) is 7.29. The second-order valence-corrected chi connectivity index (χ2v) is 6.93. The Hall–Kier alpha value is -0.120. The summed E-state index contributed by atoms with van der Waals surface area (Å²) in [7, 11) is 4.30. The van der Waals surface area contributed by atoms with Crippen LogP contribution in [0.5, 0.6) is 0 Å². The van der Waals surface area contributed by atoms with E-state index in [1.54, 1.807) is 0 Å². The second kappa shape index (κ2) is 8.13. The summed E-state index contributed by atoms with van der Waals surface area (Å²) in [5.74, 6) is 0.689. The Morgan fingerprint density at radius 1 is 1.06 bits per heavy atom. The minimum atomic E-state index is 0.223. The van der Waals surface area contributed by atoms with Gasteiger partial charge in [-0.15, -0.1) is 0 Å². The summed E-state index contributed by atoms with van der Waals surface area (Å²) in [6.45, 7) is 18.1. The van der Waals surface area contributed by atoms with Gasteiger partial charge in [0.05, 0.1) is 0 Å². The molecule has 1 N–H and O–H groups in total. The molecule has 0 aromatic rings. The maximum absolute atomic E-state index is 3.59. The molecule has 0 fully saturated rings. The Balaban J connectivity index is 4.11. The SMILES string of the molecule is CCN(CC(C)CNC(C)(C)C)C(C)CN(C)C. The topological polar surface area (TPSA) is 18.5 Å². The van der Waals surface area contributed by atoms with Crippen molar-refractivity contribution < 1.29 is 0 Å². The van der Waals surface area contributed by atoms with Crippen LogP contribution in [0.3, 0.4) is 0 Å². The van der Waals surface area contributed by atoms with Crippen LogP contribution >= 0.6 is 0 Å². The molecule has 18 heavy (non-hydrogen) atoms. The van der Waals surface area contributed by atoms with Crippen molar-refractivity contribution in [2.45, 2.75) is 53.1 Å². The average molecular weight is 257 g/mol. The minimum Gasteiger partial charge on any atom is -0.312 e. The zero-order valence-electron chi connectivity index (χ0n) is 13.9. The van der Waals surface area contributed by atoms with Gasteiger partial charge >= 0.3 is 0 Å². The van der Waals surface area contributed by atoms with Gasteiger partial charge < -0.3 is 10.2 Å². The van der Waals surface area contributed by atoms with Crippen molar-refractivity contribution in [3.8, 4) is 0 Å². The van der Waals surface area contributed by atoms with Gasteiger partial charge in [-0.3, -0.25) is 4.90 Å². The van der Waals surface area contributed by atoms with Crippen molar-refractivity contribution in [2.24, 2.45) is 5.92 Å². The van der Waals surface area contributed by atoms with Crippen LogP contribution in [0.1, 0.15) is 41.5 Å². The Kier molecular flexibility index (Phi) is 8.08. The van der Waals surface area contributed by atoms with E-state index in [0.717, 1.165) is 19.6 Å². The van der Waals surface area contributed by atoms with E-state index in [1.165, 1.54) is 6.54 Å². The van der Waals surface area contributed by atoms with E-state index in [9.17, 15) is 0 Å². The normalized spacial score (nSPS) is 16.3. The fourth-order valence-electron chi connectivity index (χ4n) is 2.21. The summed E-state index contributed by atoms with van der Waals surface area (Å²) in [6, 6.07) is 0.627. The molecule has 0 radical (unpaired) electrons. The smallest absolute Gasteiger partial charge is 0.0194 e. The molecule has 0 aromatic heterocycles. The Morgan fingerprint density at radius 2 is 1.61 bits per heavy atom. The minimum absolute atomic E-state index is 0.223. The number of nitrogens with one attached hydrogen (secondary N) is 1. The van der Waals surface area contributed by atoms with Crippen LogP contribution in [0, 0.1) is 5.92 Å². The van der Waals surface area contributed by atoms with Crippen LogP contribution in [-0.2, 0) is 0 Å². The summed E-state index contributed by atoms with van der Waals surface area (Å²) < 4.78 is 0. The van der Waals surface area contributed by atoms with Crippen molar-refractivity contribution in [2.75, 3.05) is 40.3 Å². The van der Waals surface area contributed by atoms with Crippen molar-refractivity contribution in [3.63, 3.8) is 0 Å². The molecule has 2 atom stereocenters. The van der Waals surface area contributed by atoms with E-state index in [-0.39, 0.29) is 5.54 Å². The van der Waals surface area contributed by atoms with Gasteiger partial charge in [0.15, 0.2) is 0 Å². The van der Waals surface area contributed by atoms with E-state index < -0.39 is 0 Å². The standard InChI is InChI=1S/C15H35N3/c1-9-18(14(3)12-17(7)8)11-13(2)10-16-15(4,5)6/h13-14,16H,9-12H2,1-8H3. The zero-order valence-corrected chi connectivity index (χ0v) is 13.9. The third kappa shape index (κ3) is 8.90. The number of rotatable bonds is 8. The molecule has 0 saturated heterocycles. The maximum Gasteiger partial charge on any atom is 0.0194 e. The largest absolute Gasteiger partial charge is 0.312 e. The third-order valence-corrected chi connectivity index (χ3v) is 3.19. The van der Waals surface area contributed by atoms with Crippen LogP contribution in [0.15, 0.2) is 0 Å². The monoisotopic (exact) mass is 257 g/mol. The lowest BCUT2D eigenvalue weighted by molar-refractivity contribution is 0.157. The molecule has 3 heteroatoms. The highest BCUT2D eigenvalue weighted by atomic mass is 15.2. The summed E-state index contributed by atoms with van der Waals surface area (Å²) in [5.41, 5.74) is 0.223. The first-order chi connectivity index (χ1) is 8.15. The van der Waals surface area contributed by atoms with Crippen LogP contribution in [-0.4, -0.2) is 61.7 Å². The molecule has 0 aromatic carbocycles. The Morgan fingerprint density at radius 3 is 2.00 bits per heavy atom.